The molecule has 0 spiro atoms. The molecule has 1 unspecified atom stereocenters. The lowest BCUT2D eigenvalue weighted by molar-refractivity contribution is 0.401. The van der Waals surface area contributed by atoms with Crippen molar-refractivity contribution in [3.8, 4) is 5.75 Å². The quantitative estimate of drug-likeness (QED) is 0.636. The van der Waals surface area contributed by atoms with E-state index in [4.69, 9.17) is 4.74 Å². The molecule has 1 aromatic carbocycles. The van der Waals surface area contributed by atoms with E-state index in [0.29, 0.717) is 6.04 Å². The van der Waals surface area contributed by atoms with Crippen LogP contribution in [0.3, 0.4) is 0 Å². The highest BCUT2D eigenvalue weighted by atomic mass is 16.5. The van der Waals surface area contributed by atoms with Crippen LogP contribution in [0.5, 0.6) is 5.75 Å². The molecule has 2 heteroatoms. The predicted octanol–water partition coefficient (Wildman–Crippen LogP) is 4.49. The van der Waals surface area contributed by atoms with Gasteiger partial charge in [-0.2, -0.15) is 0 Å². The van der Waals surface area contributed by atoms with Crippen LogP contribution in [-0.4, -0.2) is 19.7 Å². The van der Waals surface area contributed by atoms with E-state index in [1.165, 1.54) is 43.2 Å². The normalized spacial score (nSPS) is 12.4. The second-order valence-electron chi connectivity index (χ2n) is 5.62. The van der Waals surface area contributed by atoms with Crippen molar-refractivity contribution in [1.82, 2.24) is 5.32 Å². The number of benzene rings is 1. The van der Waals surface area contributed by atoms with Crippen LogP contribution in [0.2, 0.25) is 0 Å². The Balaban J connectivity index is 2.61. The molecule has 0 saturated heterocycles. The number of ether oxygens (including phenoxy) is 1. The topological polar surface area (TPSA) is 21.3 Å². The Hall–Kier alpha value is -1.02. The first-order valence-corrected chi connectivity index (χ1v) is 8.08. The van der Waals surface area contributed by atoms with E-state index in [2.05, 4.69) is 44.3 Å². The van der Waals surface area contributed by atoms with Gasteiger partial charge in [-0.1, -0.05) is 57.2 Å². The summed E-state index contributed by atoms with van der Waals surface area (Å²) in [6, 6.07) is 7.03. The molecule has 0 aliphatic heterocycles. The largest absolute Gasteiger partial charge is 0.496 e. The van der Waals surface area contributed by atoms with Crippen LogP contribution in [0.15, 0.2) is 18.2 Å². The Morgan fingerprint density at radius 3 is 2.60 bits per heavy atom. The molecule has 20 heavy (non-hydrogen) atoms. The van der Waals surface area contributed by atoms with Crippen LogP contribution in [0.4, 0.5) is 0 Å². The maximum absolute atomic E-state index is 5.49. The average Bonchev–Trinajstić information content (AvgIpc) is 2.44. The maximum Gasteiger partial charge on any atom is 0.122 e. The molecule has 114 valence electrons. The smallest absolute Gasteiger partial charge is 0.122 e. The van der Waals surface area contributed by atoms with Gasteiger partial charge in [-0.15, -0.1) is 0 Å². The number of nitrogens with one attached hydrogen (secondary N) is 1. The van der Waals surface area contributed by atoms with E-state index in [1.807, 2.05) is 0 Å². The van der Waals surface area contributed by atoms with Gasteiger partial charge in [0.1, 0.15) is 5.75 Å². The van der Waals surface area contributed by atoms with Crippen LogP contribution in [-0.2, 0) is 6.42 Å². The third-order valence-corrected chi connectivity index (χ3v) is 3.80. The van der Waals surface area contributed by atoms with Crippen molar-refractivity contribution in [2.24, 2.45) is 0 Å². The molecule has 0 radical (unpaired) electrons. The lowest BCUT2D eigenvalue weighted by Crippen LogP contribution is -2.31. The van der Waals surface area contributed by atoms with E-state index in [-0.39, 0.29) is 0 Å². The summed E-state index contributed by atoms with van der Waals surface area (Å²) in [5.41, 5.74) is 2.64. The van der Waals surface area contributed by atoms with E-state index in [0.717, 1.165) is 18.7 Å². The van der Waals surface area contributed by atoms with Crippen molar-refractivity contribution in [3.63, 3.8) is 0 Å². The van der Waals surface area contributed by atoms with Gasteiger partial charge < -0.3 is 10.1 Å². The fourth-order valence-corrected chi connectivity index (χ4v) is 2.71. The maximum atomic E-state index is 5.49. The molecule has 1 atom stereocenters. The van der Waals surface area contributed by atoms with Gasteiger partial charge in [-0.25, -0.2) is 0 Å². The number of rotatable bonds is 10. The van der Waals surface area contributed by atoms with E-state index < -0.39 is 0 Å². The lowest BCUT2D eigenvalue weighted by atomic mass is 9.98. The zero-order valence-corrected chi connectivity index (χ0v) is 13.7. The molecule has 1 N–H and O–H groups in total. The highest BCUT2D eigenvalue weighted by Gasteiger charge is 2.12. The fraction of sp³-hybridized carbons (Fsp3) is 0.667. The first-order valence-electron chi connectivity index (χ1n) is 8.08. The second kappa shape index (κ2) is 9.82. The summed E-state index contributed by atoms with van der Waals surface area (Å²) >= 11 is 0. The Morgan fingerprint density at radius 2 is 1.95 bits per heavy atom. The monoisotopic (exact) mass is 277 g/mol. The molecule has 0 amide bonds. The van der Waals surface area contributed by atoms with Crippen LogP contribution >= 0.6 is 0 Å². The van der Waals surface area contributed by atoms with Crippen molar-refractivity contribution in [3.05, 3.63) is 29.3 Å². The van der Waals surface area contributed by atoms with Crippen molar-refractivity contribution in [1.29, 1.82) is 0 Å². The molecule has 1 aromatic rings. The molecule has 0 aromatic heterocycles. The van der Waals surface area contributed by atoms with Crippen LogP contribution < -0.4 is 10.1 Å². The Labute approximate surface area is 124 Å². The van der Waals surface area contributed by atoms with Crippen LogP contribution in [0.1, 0.15) is 57.1 Å². The fourth-order valence-electron chi connectivity index (χ4n) is 2.71. The predicted molar refractivity (Wildman–Crippen MR) is 87.7 cm³/mol. The molecule has 0 heterocycles. The van der Waals surface area contributed by atoms with Crippen LogP contribution in [0, 0.1) is 6.92 Å². The molecule has 0 saturated carbocycles. The Bertz CT molecular complexity index is 376. The molecular formula is C18H31NO. The highest BCUT2D eigenvalue weighted by Crippen LogP contribution is 2.22. The molecule has 0 fully saturated rings. The molecule has 1 rings (SSSR count). The Morgan fingerprint density at radius 1 is 1.15 bits per heavy atom. The SMILES string of the molecule is CCCCCCC(Cc1cc(C)ccc1OC)NCC. The summed E-state index contributed by atoms with van der Waals surface area (Å²) in [7, 11) is 1.76. The minimum absolute atomic E-state index is 0.563. The summed E-state index contributed by atoms with van der Waals surface area (Å²) in [5.74, 6) is 1.02. The number of hydrogen-bond donors (Lipinski definition) is 1. The summed E-state index contributed by atoms with van der Waals surface area (Å²) in [6.45, 7) is 7.63. The first-order chi connectivity index (χ1) is 9.71. The summed E-state index contributed by atoms with van der Waals surface area (Å²) in [5, 5.41) is 3.62. The van der Waals surface area contributed by atoms with Crippen molar-refractivity contribution in [2.75, 3.05) is 13.7 Å². The van der Waals surface area contributed by atoms with Crippen molar-refractivity contribution in [2.45, 2.75) is 65.3 Å². The summed E-state index contributed by atoms with van der Waals surface area (Å²) in [4.78, 5) is 0. The standard InChI is InChI=1S/C18H31NO/c1-5-7-8-9-10-17(19-6-2)14-16-13-15(3)11-12-18(16)20-4/h11-13,17,19H,5-10,14H2,1-4H3. The second-order valence-corrected chi connectivity index (χ2v) is 5.62. The third-order valence-electron chi connectivity index (χ3n) is 3.80. The number of aryl methyl sites for hydroxylation is 1. The van der Waals surface area contributed by atoms with E-state index >= 15 is 0 Å². The van der Waals surface area contributed by atoms with E-state index in [9.17, 15) is 0 Å². The molecule has 2 nitrogen and oxygen atoms in total. The van der Waals surface area contributed by atoms with Crippen LogP contribution in [0.25, 0.3) is 0 Å². The van der Waals surface area contributed by atoms with Gasteiger partial charge in [0, 0.05) is 6.04 Å². The van der Waals surface area contributed by atoms with Gasteiger partial charge in [0.05, 0.1) is 7.11 Å². The molecular weight excluding hydrogens is 246 g/mol. The number of methoxy groups -OCH3 is 1. The first kappa shape index (κ1) is 17.0. The molecule has 0 bridgehead atoms. The van der Waals surface area contributed by atoms with Gasteiger partial charge in [0.15, 0.2) is 0 Å². The van der Waals surface area contributed by atoms with Gasteiger partial charge in [-0.05, 0) is 37.9 Å². The van der Waals surface area contributed by atoms with Gasteiger partial charge in [0.2, 0.25) is 0 Å². The van der Waals surface area contributed by atoms with E-state index in [1.54, 1.807) is 7.11 Å². The average molecular weight is 277 g/mol. The molecule has 0 aliphatic rings. The summed E-state index contributed by atoms with van der Waals surface area (Å²) < 4.78 is 5.49. The summed E-state index contributed by atoms with van der Waals surface area (Å²) in [6.07, 6.45) is 7.64. The van der Waals surface area contributed by atoms with Gasteiger partial charge in [0.25, 0.3) is 0 Å². The highest BCUT2D eigenvalue weighted by molar-refractivity contribution is 5.37. The van der Waals surface area contributed by atoms with Crippen molar-refractivity contribution < 1.29 is 4.74 Å². The number of unbranched alkanes of at least 4 members (excludes halogenated alkanes) is 3. The zero-order valence-electron chi connectivity index (χ0n) is 13.7. The van der Waals surface area contributed by atoms with Crippen molar-refractivity contribution >= 4 is 0 Å². The zero-order chi connectivity index (χ0) is 14.8. The Kier molecular flexibility index (Phi) is 8.36. The van der Waals surface area contributed by atoms with Gasteiger partial charge in [-0.3, -0.25) is 0 Å². The number of likely N-dealkylation sites (N-methyl/N-ethyl adjacent to an activating group) is 1. The third kappa shape index (κ3) is 5.96. The van der Waals surface area contributed by atoms with Gasteiger partial charge >= 0.3 is 0 Å². The molecule has 0 aliphatic carbocycles. The minimum Gasteiger partial charge on any atom is -0.496 e. The minimum atomic E-state index is 0.563. The number of hydrogen-bond acceptors (Lipinski definition) is 2. The lowest BCUT2D eigenvalue weighted by Gasteiger charge is -2.19.